The van der Waals surface area contributed by atoms with E-state index in [1.807, 2.05) is 0 Å². The summed E-state index contributed by atoms with van der Waals surface area (Å²) in [4.78, 5) is 30.7. The van der Waals surface area contributed by atoms with Crippen LogP contribution in [-0.2, 0) is 4.74 Å². The summed E-state index contributed by atoms with van der Waals surface area (Å²) in [6.45, 7) is 5.07. The number of rotatable bonds is 4. The maximum Gasteiger partial charge on any atom is 0.317 e. The molecule has 0 aliphatic carbocycles. The normalized spacial score (nSPS) is 21.0. The number of hydrogen-bond acceptors (Lipinski definition) is 5. The van der Waals surface area contributed by atoms with Crippen LogP contribution in [0, 0.1) is 0 Å². The van der Waals surface area contributed by atoms with E-state index in [-0.39, 0.29) is 18.0 Å². The Hall–Kier alpha value is -2.32. The Labute approximate surface area is 160 Å². The Morgan fingerprint density at radius 3 is 2.41 bits per heavy atom. The molecule has 3 amide bonds. The first-order valence-electron chi connectivity index (χ1n) is 9.33. The molecule has 0 bridgehead atoms. The van der Waals surface area contributed by atoms with Crippen molar-refractivity contribution in [3.8, 4) is 5.75 Å². The van der Waals surface area contributed by atoms with Crippen LogP contribution >= 0.6 is 0 Å². The van der Waals surface area contributed by atoms with E-state index in [1.54, 1.807) is 41.2 Å². The zero-order valence-corrected chi connectivity index (χ0v) is 16.0. The maximum absolute atomic E-state index is 12.6. The average molecular weight is 376 g/mol. The fourth-order valence-electron chi connectivity index (χ4n) is 3.33. The Kier molecular flexibility index (Phi) is 6.52. The second-order valence-electron chi connectivity index (χ2n) is 6.95. The van der Waals surface area contributed by atoms with Crippen molar-refractivity contribution in [2.75, 3.05) is 66.6 Å². The van der Waals surface area contributed by atoms with Gasteiger partial charge in [-0.25, -0.2) is 4.79 Å². The van der Waals surface area contributed by atoms with Crippen LogP contribution in [0.4, 0.5) is 4.79 Å². The third kappa shape index (κ3) is 5.11. The van der Waals surface area contributed by atoms with Gasteiger partial charge in [-0.15, -0.1) is 0 Å². The molecule has 1 aromatic carbocycles. The molecule has 2 heterocycles. The van der Waals surface area contributed by atoms with Crippen LogP contribution in [0.3, 0.4) is 0 Å². The third-order valence-electron chi connectivity index (χ3n) is 5.01. The van der Waals surface area contributed by atoms with Gasteiger partial charge in [0.05, 0.1) is 19.8 Å². The molecule has 1 atom stereocenters. The number of amides is 3. The molecule has 1 N–H and O–H groups in total. The minimum atomic E-state index is -0.0941. The molecule has 8 nitrogen and oxygen atoms in total. The minimum Gasteiger partial charge on any atom is -0.497 e. The highest BCUT2D eigenvalue weighted by Crippen LogP contribution is 2.14. The van der Waals surface area contributed by atoms with Gasteiger partial charge in [-0.3, -0.25) is 4.79 Å². The fourth-order valence-corrected chi connectivity index (χ4v) is 3.33. The molecule has 8 heteroatoms. The first-order valence-corrected chi connectivity index (χ1v) is 9.33. The van der Waals surface area contributed by atoms with Gasteiger partial charge in [-0.05, 0) is 31.3 Å². The topological polar surface area (TPSA) is 74.4 Å². The Morgan fingerprint density at radius 2 is 1.78 bits per heavy atom. The van der Waals surface area contributed by atoms with Crippen molar-refractivity contribution < 1.29 is 19.1 Å². The van der Waals surface area contributed by atoms with Crippen molar-refractivity contribution in [1.82, 2.24) is 20.0 Å². The number of carbonyl (C=O) groups excluding carboxylic acids is 2. The van der Waals surface area contributed by atoms with Crippen LogP contribution in [0.25, 0.3) is 0 Å². The lowest BCUT2D eigenvalue weighted by Gasteiger charge is -2.35. The summed E-state index contributed by atoms with van der Waals surface area (Å²) in [5.74, 6) is 0.706. The minimum absolute atomic E-state index is 0.0173. The molecule has 148 valence electrons. The van der Waals surface area contributed by atoms with Crippen molar-refractivity contribution in [1.29, 1.82) is 0 Å². The molecular weight excluding hydrogens is 348 g/mol. The largest absolute Gasteiger partial charge is 0.497 e. The van der Waals surface area contributed by atoms with Crippen LogP contribution in [0.15, 0.2) is 24.3 Å². The van der Waals surface area contributed by atoms with Gasteiger partial charge in [-0.1, -0.05) is 0 Å². The number of nitrogens with one attached hydrogen (secondary N) is 1. The summed E-state index contributed by atoms with van der Waals surface area (Å²) >= 11 is 0. The lowest BCUT2D eigenvalue weighted by Crippen LogP contribution is -2.54. The summed E-state index contributed by atoms with van der Waals surface area (Å²) < 4.78 is 10.8. The van der Waals surface area contributed by atoms with Gasteiger partial charge in [0, 0.05) is 51.4 Å². The fraction of sp³-hybridized carbons (Fsp3) is 0.579. The SMILES string of the molecule is COc1ccc(C(=O)N2CCN(C(=O)NC[C@@H]3CN(C)CCO3)CC2)cc1. The van der Waals surface area contributed by atoms with E-state index in [0.717, 1.165) is 18.8 Å². The number of benzene rings is 1. The van der Waals surface area contributed by atoms with Crippen LogP contribution in [0.1, 0.15) is 10.4 Å². The maximum atomic E-state index is 12.6. The Bertz CT molecular complexity index is 644. The predicted octanol–water partition coefficient (Wildman–Crippen LogP) is 0.493. The number of hydrogen-bond donors (Lipinski definition) is 1. The van der Waals surface area contributed by atoms with Gasteiger partial charge < -0.3 is 29.5 Å². The van der Waals surface area contributed by atoms with Gasteiger partial charge in [0.25, 0.3) is 5.91 Å². The molecule has 2 fully saturated rings. The molecule has 0 saturated carbocycles. The highest BCUT2D eigenvalue weighted by atomic mass is 16.5. The van der Waals surface area contributed by atoms with Gasteiger partial charge >= 0.3 is 6.03 Å². The molecule has 0 spiro atoms. The van der Waals surface area contributed by atoms with E-state index in [4.69, 9.17) is 9.47 Å². The predicted molar refractivity (Wildman–Crippen MR) is 101 cm³/mol. The molecule has 27 heavy (non-hydrogen) atoms. The monoisotopic (exact) mass is 376 g/mol. The van der Waals surface area contributed by atoms with E-state index in [1.165, 1.54) is 0 Å². The molecule has 0 radical (unpaired) electrons. The number of carbonyl (C=O) groups is 2. The van der Waals surface area contributed by atoms with E-state index in [9.17, 15) is 9.59 Å². The van der Waals surface area contributed by atoms with E-state index in [0.29, 0.717) is 44.9 Å². The standard InChI is InChI=1S/C19H28N4O4/c1-21-11-12-27-17(14-21)13-20-19(25)23-9-7-22(8-10-23)18(24)15-3-5-16(26-2)6-4-15/h3-6,17H,7-14H2,1-2H3,(H,20,25)/t17-/m1/s1. The van der Waals surface area contributed by atoms with Crippen molar-refractivity contribution in [2.45, 2.75) is 6.10 Å². The molecule has 2 aliphatic heterocycles. The highest BCUT2D eigenvalue weighted by Gasteiger charge is 2.26. The van der Waals surface area contributed by atoms with Gasteiger partial charge in [0.1, 0.15) is 5.75 Å². The second-order valence-corrected chi connectivity index (χ2v) is 6.95. The van der Waals surface area contributed by atoms with Crippen LogP contribution in [0.5, 0.6) is 5.75 Å². The van der Waals surface area contributed by atoms with E-state index in [2.05, 4.69) is 17.3 Å². The number of methoxy groups -OCH3 is 1. The smallest absolute Gasteiger partial charge is 0.317 e. The Balaban J connectivity index is 1.43. The van der Waals surface area contributed by atoms with Crippen molar-refractivity contribution in [3.05, 3.63) is 29.8 Å². The van der Waals surface area contributed by atoms with E-state index >= 15 is 0 Å². The molecule has 0 aromatic heterocycles. The van der Waals surface area contributed by atoms with Gasteiger partial charge in [-0.2, -0.15) is 0 Å². The van der Waals surface area contributed by atoms with Crippen molar-refractivity contribution in [2.24, 2.45) is 0 Å². The number of nitrogens with zero attached hydrogens (tertiary/aromatic N) is 3. The number of ether oxygens (including phenoxy) is 2. The summed E-state index contributed by atoms with van der Waals surface area (Å²) in [6.07, 6.45) is 0.0330. The quantitative estimate of drug-likeness (QED) is 0.828. The summed E-state index contributed by atoms with van der Waals surface area (Å²) in [6, 6.07) is 7.00. The molecule has 0 unspecified atom stereocenters. The zero-order valence-electron chi connectivity index (χ0n) is 16.0. The van der Waals surface area contributed by atoms with Crippen molar-refractivity contribution >= 4 is 11.9 Å². The average Bonchev–Trinajstić information content (AvgIpc) is 2.72. The second kappa shape index (κ2) is 9.05. The highest BCUT2D eigenvalue weighted by molar-refractivity contribution is 5.94. The van der Waals surface area contributed by atoms with E-state index < -0.39 is 0 Å². The number of morpholine rings is 1. The summed E-state index contributed by atoms with van der Waals surface area (Å²) in [7, 11) is 3.65. The lowest BCUT2D eigenvalue weighted by atomic mass is 10.1. The van der Waals surface area contributed by atoms with Gasteiger partial charge in [0.2, 0.25) is 0 Å². The van der Waals surface area contributed by atoms with Crippen molar-refractivity contribution in [3.63, 3.8) is 0 Å². The molecule has 2 saturated heterocycles. The summed E-state index contributed by atoms with van der Waals surface area (Å²) in [5, 5.41) is 2.95. The number of piperazine rings is 1. The van der Waals surface area contributed by atoms with Crippen LogP contribution in [0.2, 0.25) is 0 Å². The first-order chi connectivity index (χ1) is 13.1. The molecule has 2 aliphatic rings. The van der Waals surface area contributed by atoms with Gasteiger partial charge in [0.15, 0.2) is 0 Å². The lowest BCUT2D eigenvalue weighted by molar-refractivity contribution is -0.0173. The van der Waals surface area contributed by atoms with Crippen LogP contribution < -0.4 is 10.1 Å². The number of urea groups is 1. The third-order valence-corrected chi connectivity index (χ3v) is 5.01. The van der Waals surface area contributed by atoms with Crippen LogP contribution in [-0.4, -0.2) is 99.3 Å². The molecular formula is C19H28N4O4. The Morgan fingerprint density at radius 1 is 1.11 bits per heavy atom. The zero-order chi connectivity index (χ0) is 19.2. The molecule has 1 aromatic rings. The number of likely N-dealkylation sites (N-methyl/N-ethyl adjacent to an activating group) is 1. The summed E-state index contributed by atoms with van der Waals surface area (Å²) in [5.41, 5.74) is 0.632. The first kappa shape index (κ1) is 19.4. The molecule has 3 rings (SSSR count).